The standard InChI is InChI=1S/C43H62FN3O.C7H16.C6H12O.C4H10/c1-10-17-21-38(44)39(20-13-4)46-32(9)31(8)40(45-26-16-7)29-34(19-12-3)35-22-23-37-41(30-35)47(36-27-33(28-36)18-11-2)42(48)43(37,24-14-5)25-15-6;1-3-5-7-6-4-2;1-4-5(2)6(3)7;1-4(2)3/h13,17,19-23,26,29-30,33,36,46H,10-12,14-16,18,24-25,27-28H2,1-9H3;3-7H2,1-2H3;5H,4H2,1-3H3;4H,1-3H3/b20-13-,21-17+,32-31+,34-19-,39-38-,40-29+,45-26?;;;. The molecule has 1 heterocycles. The van der Waals surface area contributed by atoms with Crippen LogP contribution in [-0.4, -0.2) is 23.9 Å². The number of Topliss-reactive ketones (excluding diaryl/α,β-unsaturated/α-hetero) is 1. The molecule has 66 heavy (non-hydrogen) atoms. The molecule has 3 rings (SSSR count). The van der Waals surface area contributed by atoms with Gasteiger partial charge in [-0.1, -0.05) is 178 Å². The molecule has 1 N–H and O–H groups in total. The normalized spacial score (nSPS) is 18.2. The summed E-state index contributed by atoms with van der Waals surface area (Å²) in [5, 5.41) is 3.31. The second-order valence-electron chi connectivity index (χ2n) is 19.2. The molecule has 0 saturated heterocycles. The third kappa shape index (κ3) is 21.0. The van der Waals surface area contributed by atoms with E-state index in [4.69, 9.17) is 4.99 Å². The maximum absolute atomic E-state index is 15.0. The summed E-state index contributed by atoms with van der Waals surface area (Å²) >= 11 is 0. The minimum atomic E-state index is -0.434. The van der Waals surface area contributed by atoms with Gasteiger partial charge in [-0.15, -0.1) is 0 Å². The Balaban J connectivity index is 0.00000197. The Kier molecular flexibility index (Phi) is 33.3. The number of ketones is 1. The average molecular weight is 914 g/mol. The van der Waals surface area contributed by atoms with Gasteiger partial charge < -0.3 is 10.2 Å². The van der Waals surface area contributed by atoms with Crippen LogP contribution in [0.5, 0.6) is 0 Å². The fraction of sp³-hybridized carbons (Fsp3) is 0.650. The number of hydrogen-bond donors (Lipinski definition) is 1. The summed E-state index contributed by atoms with van der Waals surface area (Å²) < 4.78 is 15.0. The maximum Gasteiger partial charge on any atom is 0.237 e. The smallest absolute Gasteiger partial charge is 0.237 e. The number of carbonyl (C=O) groups excluding carboxylic acids is 2. The lowest BCUT2D eigenvalue weighted by Gasteiger charge is -2.42. The van der Waals surface area contributed by atoms with E-state index in [2.05, 4.69) is 110 Å². The summed E-state index contributed by atoms with van der Waals surface area (Å²) in [5.41, 5.74) is 7.07. The highest BCUT2D eigenvalue weighted by atomic mass is 19.1. The molecule has 0 bridgehead atoms. The van der Waals surface area contributed by atoms with Crippen LogP contribution in [0.3, 0.4) is 0 Å². The summed E-state index contributed by atoms with van der Waals surface area (Å²) in [5.74, 6) is 2.12. The molecule has 1 atom stereocenters. The highest BCUT2D eigenvalue weighted by Crippen LogP contribution is 2.52. The number of amides is 1. The first-order valence-corrected chi connectivity index (χ1v) is 26.6. The molecule has 5 nitrogen and oxygen atoms in total. The van der Waals surface area contributed by atoms with Crippen molar-refractivity contribution >= 4 is 29.2 Å². The molecule has 1 aliphatic carbocycles. The van der Waals surface area contributed by atoms with Gasteiger partial charge in [-0.05, 0) is 137 Å². The van der Waals surface area contributed by atoms with E-state index in [-0.39, 0.29) is 17.8 Å². The van der Waals surface area contributed by atoms with Crippen LogP contribution in [-0.2, 0) is 15.0 Å². The van der Waals surface area contributed by atoms with E-state index >= 15 is 4.39 Å². The third-order valence-corrected chi connectivity index (χ3v) is 12.4. The largest absolute Gasteiger partial charge is 0.356 e. The van der Waals surface area contributed by atoms with Gasteiger partial charge in [-0.2, -0.15) is 0 Å². The number of aliphatic imine (C=N–C) groups is 1. The van der Waals surface area contributed by atoms with Crippen LogP contribution in [0.15, 0.2) is 88.1 Å². The van der Waals surface area contributed by atoms with E-state index < -0.39 is 5.41 Å². The molecule has 0 radical (unpaired) electrons. The molecule has 1 aromatic carbocycles. The molecule has 1 unspecified atom stereocenters. The zero-order valence-electron chi connectivity index (χ0n) is 45.7. The van der Waals surface area contributed by atoms with Crippen LogP contribution < -0.4 is 10.2 Å². The monoisotopic (exact) mass is 914 g/mol. The predicted octanol–water partition coefficient (Wildman–Crippen LogP) is 18.5. The van der Waals surface area contributed by atoms with E-state index in [1.807, 2.05) is 59.9 Å². The summed E-state index contributed by atoms with van der Waals surface area (Å²) in [4.78, 5) is 32.0. The fourth-order valence-electron chi connectivity index (χ4n) is 8.32. The molecular formula is C60H100FN3O2. The SMILES string of the molecule is CC(C)C.CCC(C)C(C)=O.CCCCCCC.C\C=C/C(N/C(C)=C(C)/C(=C\C(=C\CC)c1ccc2c(c1)N(C1CC(CCC)C1)C(=O)C2(CCC)CCC)N=CCC)=C(F)\C=C\CC. The molecule has 2 aliphatic rings. The molecule has 1 fully saturated rings. The van der Waals surface area contributed by atoms with Crippen molar-refractivity contribution in [1.82, 2.24) is 5.32 Å². The lowest BCUT2D eigenvalue weighted by Crippen LogP contribution is -2.50. The second kappa shape index (κ2) is 35.4. The molecular weight excluding hydrogens is 814 g/mol. The summed E-state index contributed by atoms with van der Waals surface area (Å²) in [6.45, 7) is 35.4. The number of nitrogens with zero attached hydrogens (tertiary/aromatic N) is 2. The first kappa shape index (κ1) is 62.2. The van der Waals surface area contributed by atoms with Crippen molar-refractivity contribution < 1.29 is 14.0 Å². The van der Waals surface area contributed by atoms with Gasteiger partial charge in [0.25, 0.3) is 0 Å². The van der Waals surface area contributed by atoms with Crippen molar-refractivity contribution in [2.45, 2.75) is 238 Å². The van der Waals surface area contributed by atoms with Crippen LogP contribution in [0.2, 0.25) is 0 Å². The zero-order chi connectivity index (χ0) is 50.2. The zero-order valence-corrected chi connectivity index (χ0v) is 45.7. The van der Waals surface area contributed by atoms with Crippen molar-refractivity contribution in [2.75, 3.05) is 4.90 Å². The quantitative estimate of drug-likeness (QED) is 0.0638. The lowest BCUT2D eigenvalue weighted by atomic mass is 9.73. The number of benzene rings is 1. The Morgan fingerprint density at radius 3 is 1.91 bits per heavy atom. The van der Waals surface area contributed by atoms with Crippen LogP contribution in [0.4, 0.5) is 10.1 Å². The van der Waals surface area contributed by atoms with E-state index in [1.54, 1.807) is 13.0 Å². The molecule has 0 spiro atoms. The van der Waals surface area contributed by atoms with Gasteiger partial charge in [0, 0.05) is 29.6 Å². The first-order valence-electron chi connectivity index (χ1n) is 26.6. The predicted molar refractivity (Wildman–Crippen MR) is 291 cm³/mol. The van der Waals surface area contributed by atoms with E-state index in [0.29, 0.717) is 17.4 Å². The Morgan fingerprint density at radius 1 is 0.848 bits per heavy atom. The number of carbonyl (C=O) groups is 2. The number of anilines is 1. The second-order valence-corrected chi connectivity index (χ2v) is 19.2. The van der Waals surface area contributed by atoms with Crippen molar-refractivity contribution in [3.63, 3.8) is 0 Å². The van der Waals surface area contributed by atoms with Crippen LogP contribution in [0.1, 0.15) is 238 Å². The number of rotatable bonds is 24. The Hall–Kier alpha value is -3.80. The summed E-state index contributed by atoms with van der Waals surface area (Å²) in [7, 11) is 0. The van der Waals surface area contributed by atoms with Gasteiger partial charge in [0.05, 0.1) is 16.8 Å². The first-order chi connectivity index (χ1) is 31.5. The Labute approximate surface area is 407 Å². The number of halogens is 1. The number of nitrogens with one attached hydrogen (secondary N) is 1. The fourth-order valence-corrected chi connectivity index (χ4v) is 8.32. The van der Waals surface area contributed by atoms with E-state index in [1.165, 1.54) is 56.6 Å². The molecule has 0 aromatic heterocycles. The highest BCUT2D eigenvalue weighted by molar-refractivity contribution is 6.09. The molecule has 1 aliphatic heterocycles. The Morgan fingerprint density at radius 2 is 1.45 bits per heavy atom. The van der Waals surface area contributed by atoms with Crippen LogP contribution in [0.25, 0.3) is 5.57 Å². The number of hydrogen-bond acceptors (Lipinski definition) is 4. The maximum atomic E-state index is 15.0. The van der Waals surface area contributed by atoms with Crippen LogP contribution in [0, 0.1) is 17.8 Å². The number of fused-ring (bicyclic) bond motifs is 1. The lowest BCUT2D eigenvalue weighted by molar-refractivity contribution is -0.125. The van der Waals surface area contributed by atoms with Gasteiger partial charge >= 0.3 is 0 Å². The van der Waals surface area contributed by atoms with Gasteiger partial charge in [0.2, 0.25) is 5.91 Å². The van der Waals surface area contributed by atoms with Crippen molar-refractivity contribution in [3.8, 4) is 0 Å². The van der Waals surface area contributed by atoms with E-state index in [0.717, 1.165) is 110 Å². The number of unbranched alkanes of at least 4 members (excludes halogenated alkanes) is 4. The van der Waals surface area contributed by atoms with E-state index in [9.17, 15) is 9.59 Å². The third-order valence-electron chi connectivity index (χ3n) is 12.4. The van der Waals surface area contributed by atoms with Gasteiger partial charge in [-0.25, -0.2) is 4.39 Å². The van der Waals surface area contributed by atoms with Gasteiger partial charge in [-0.3, -0.25) is 14.6 Å². The molecule has 1 amide bonds. The van der Waals surface area contributed by atoms with Gasteiger partial charge in [0.1, 0.15) is 11.6 Å². The minimum Gasteiger partial charge on any atom is -0.356 e. The highest BCUT2D eigenvalue weighted by Gasteiger charge is 2.53. The topological polar surface area (TPSA) is 61.8 Å². The number of allylic oxidation sites excluding steroid dienone is 10. The summed E-state index contributed by atoms with van der Waals surface area (Å²) in [6, 6.07) is 7.02. The van der Waals surface area contributed by atoms with Crippen LogP contribution >= 0.6 is 0 Å². The summed E-state index contributed by atoms with van der Waals surface area (Å²) in [6.07, 6.45) is 32.0. The van der Waals surface area contributed by atoms with Crippen molar-refractivity contribution in [2.24, 2.45) is 22.7 Å². The van der Waals surface area contributed by atoms with Gasteiger partial charge in [0.15, 0.2) is 0 Å². The van der Waals surface area contributed by atoms with Crippen molar-refractivity contribution in [3.05, 3.63) is 94.3 Å². The minimum absolute atomic E-state index is 0.264. The molecule has 1 aromatic rings. The van der Waals surface area contributed by atoms with Crippen molar-refractivity contribution in [1.29, 1.82) is 0 Å². The average Bonchev–Trinajstić information content (AvgIpc) is 3.50. The molecule has 374 valence electrons. The molecule has 6 heteroatoms. The Bertz CT molecular complexity index is 1750. The molecule has 1 saturated carbocycles.